The standard InChI is InChI=1S/C25H27BrN8O2/c1-33-15-16(13-29-33)17-11-21(23(35-2)12-22(17)34-7-9-36-10-8-34)31-25-28-14-18(26)24(32-25)30-20-6-4-3-5-19(20)27/h3-6,11-15H,7-10,27H2,1-2H3,(H2,28,30,31,32). The van der Waals surface area contributed by atoms with Gasteiger partial charge in [-0.25, -0.2) is 4.98 Å². The molecular formula is C25H27BrN8O2. The maximum atomic E-state index is 6.10. The number of nitrogen functional groups attached to an aromatic ring is 1. The second-order valence-corrected chi connectivity index (χ2v) is 9.15. The number of rotatable bonds is 7. The van der Waals surface area contributed by atoms with Gasteiger partial charge >= 0.3 is 0 Å². The summed E-state index contributed by atoms with van der Waals surface area (Å²) in [5.74, 6) is 1.67. The van der Waals surface area contributed by atoms with Gasteiger partial charge < -0.3 is 30.7 Å². The highest BCUT2D eigenvalue weighted by Gasteiger charge is 2.21. The number of nitrogens with one attached hydrogen (secondary N) is 2. The molecule has 186 valence electrons. The van der Waals surface area contributed by atoms with Gasteiger partial charge in [0.1, 0.15) is 11.6 Å². The SMILES string of the molecule is COc1cc(N2CCOCC2)c(-c2cnn(C)c2)cc1Nc1ncc(Br)c(Nc2ccccc2N)n1. The third-order valence-electron chi connectivity index (χ3n) is 5.89. The monoisotopic (exact) mass is 550 g/mol. The average Bonchev–Trinajstić information content (AvgIpc) is 3.33. The van der Waals surface area contributed by atoms with E-state index in [0.29, 0.717) is 40.9 Å². The minimum absolute atomic E-state index is 0.407. The molecule has 1 saturated heterocycles. The molecule has 2 aromatic carbocycles. The molecule has 5 rings (SSSR count). The maximum Gasteiger partial charge on any atom is 0.229 e. The summed E-state index contributed by atoms with van der Waals surface area (Å²) in [5.41, 5.74) is 11.3. The number of methoxy groups -OCH3 is 1. The van der Waals surface area contributed by atoms with E-state index in [4.69, 9.17) is 15.2 Å². The molecule has 0 bridgehead atoms. The molecule has 0 unspecified atom stereocenters. The van der Waals surface area contributed by atoms with Gasteiger partial charge in [0.15, 0.2) is 0 Å². The lowest BCUT2D eigenvalue weighted by atomic mass is 10.0. The van der Waals surface area contributed by atoms with E-state index in [1.807, 2.05) is 55.8 Å². The zero-order valence-electron chi connectivity index (χ0n) is 20.0. The lowest BCUT2D eigenvalue weighted by molar-refractivity contribution is 0.122. The first kappa shape index (κ1) is 23.9. The highest BCUT2D eigenvalue weighted by Crippen LogP contribution is 2.40. The summed E-state index contributed by atoms with van der Waals surface area (Å²) in [6, 6.07) is 11.6. The van der Waals surface area contributed by atoms with Crippen LogP contribution in [-0.4, -0.2) is 53.2 Å². The molecule has 10 nitrogen and oxygen atoms in total. The molecule has 4 aromatic rings. The van der Waals surface area contributed by atoms with E-state index in [2.05, 4.69) is 46.5 Å². The number of ether oxygens (including phenoxy) is 2. The maximum absolute atomic E-state index is 6.10. The van der Waals surface area contributed by atoms with E-state index in [-0.39, 0.29) is 0 Å². The van der Waals surface area contributed by atoms with Crippen molar-refractivity contribution >= 4 is 50.4 Å². The van der Waals surface area contributed by atoms with Gasteiger partial charge in [0.2, 0.25) is 5.95 Å². The van der Waals surface area contributed by atoms with Crippen LogP contribution in [0.1, 0.15) is 0 Å². The second-order valence-electron chi connectivity index (χ2n) is 8.30. The zero-order valence-corrected chi connectivity index (χ0v) is 21.6. The minimum atomic E-state index is 0.407. The summed E-state index contributed by atoms with van der Waals surface area (Å²) in [6.45, 7) is 2.97. The van der Waals surface area contributed by atoms with E-state index in [1.54, 1.807) is 18.0 Å². The summed E-state index contributed by atoms with van der Waals surface area (Å²) in [4.78, 5) is 11.4. The highest BCUT2D eigenvalue weighted by atomic mass is 79.9. The summed E-state index contributed by atoms with van der Waals surface area (Å²) in [6.07, 6.45) is 5.54. The van der Waals surface area contributed by atoms with Crippen molar-refractivity contribution in [3.8, 4) is 16.9 Å². The number of hydrogen-bond acceptors (Lipinski definition) is 9. The van der Waals surface area contributed by atoms with Gasteiger partial charge in [0.05, 0.1) is 48.1 Å². The van der Waals surface area contributed by atoms with E-state index in [1.165, 1.54) is 0 Å². The van der Waals surface area contributed by atoms with Crippen molar-refractivity contribution in [3.63, 3.8) is 0 Å². The molecule has 3 heterocycles. The van der Waals surface area contributed by atoms with Crippen LogP contribution in [-0.2, 0) is 11.8 Å². The van der Waals surface area contributed by atoms with Crippen LogP contribution in [0.2, 0.25) is 0 Å². The molecule has 0 saturated carbocycles. The molecule has 4 N–H and O–H groups in total. The number of halogens is 1. The fourth-order valence-corrected chi connectivity index (χ4v) is 4.36. The van der Waals surface area contributed by atoms with Crippen LogP contribution in [0.5, 0.6) is 5.75 Å². The Balaban J connectivity index is 1.52. The molecule has 0 radical (unpaired) electrons. The number of hydrogen-bond donors (Lipinski definition) is 3. The highest BCUT2D eigenvalue weighted by molar-refractivity contribution is 9.10. The van der Waals surface area contributed by atoms with Crippen LogP contribution in [0.15, 0.2) is 59.5 Å². The lowest BCUT2D eigenvalue weighted by Gasteiger charge is -2.31. The van der Waals surface area contributed by atoms with Gasteiger partial charge in [-0.05, 0) is 34.1 Å². The third-order valence-corrected chi connectivity index (χ3v) is 6.47. The topological polar surface area (TPSA) is 115 Å². The zero-order chi connectivity index (χ0) is 25.1. The Hall–Kier alpha value is -3.83. The van der Waals surface area contributed by atoms with Gasteiger partial charge in [0.25, 0.3) is 0 Å². The van der Waals surface area contributed by atoms with E-state index in [0.717, 1.165) is 41.3 Å². The molecule has 1 aliphatic rings. The normalized spacial score (nSPS) is 13.5. The van der Waals surface area contributed by atoms with Crippen molar-refractivity contribution in [1.29, 1.82) is 0 Å². The molecule has 0 spiro atoms. The van der Waals surface area contributed by atoms with Crippen molar-refractivity contribution in [2.45, 2.75) is 0 Å². The van der Waals surface area contributed by atoms with Crippen LogP contribution in [0.25, 0.3) is 11.1 Å². The fraction of sp³-hybridized carbons (Fsp3) is 0.240. The first-order valence-corrected chi connectivity index (χ1v) is 12.3. The summed E-state index contributed by atoms with van der Waals surface area (Å²) >= 11 is 3.52. The molecule has 1 aliphatic heterocycles. The number of aromatic nitrogens is 4. The fourth-order valence-electron chi connectivity index (χ4n) is 4.07. The number of benzene rings is 2. The molecule has 0 aliphatic carbocycles. The number of anilines is 6. The van der Waals surface area contributed by atoms with Gasteiger partial charge in [-0.15, -0.1) is 0 Å². The third kappa shape index (κ3) is 5.07. The smallest absolute Gasteiger partial charge is 0.229 e. The first-order chi connectivity index (χ1) is 17.5. The molecule has 36 heavy (non-hydrogen) atoms. The summed E-state index contributed by atoms with van der Waals surface area (Å²) < 4.78 is 13.8. The Morgan fingerprint density at radius 3 is 2.61 bits per heavy atom. The van der Waals surface area contributed by atoms with Crippen molar-refractivity contribution < 1.29 is 9.47 Å². The van der Waals surface area contributed by atoms with Crippen molar-refractivity contribution in [2.75, 3.05) is 54.7 Å². The van der Waals surface area contributed by atoms with Crippen LogP contribution in [0.3, 0.4) is 0 Å². The number of morpholine rings is 1. The van der Waals surface area contributed by atoms with Crippen LogP contribution in [0.4, 0.5) is 34.5 Å². The number of para-hydroxylation sites is 2. The van der Waals surface area contributed by atoms with Gasteiger partial charge in [-0.2, -0.15) is 10.1 Å². The van der Waals surface area contributed by atoms with Crippen LogP contribution < -0.4 is 26.0 Å². The lowest BCUT2D eigenvalue weighted by Crippen LogP contribution is -2.36. The Bertz CT molecular complexity index is 1370. The van der Waals surface area contributed by atoms with E-state index in [9.17, 15) is 0 Å². The number of nitrogens with zero attached hydrogens (tertiary/aromatic N) is 5. The van der Waals surface area contributed by atoms with Gasteiger partial charge in [0, 0.05) is 55.4 Å². The molecule has 2 aromatic heterocycles. The number of nitrogens with two attached hydrogens (primary N) is 1. The predicted octanol–water partition coefficient (Wildman–Crippen LogP) is 4.55. The summed E-state index contributed by atoms with van der Waals surface area (Å²) in [5, 5.41) is 11.0. The second kappa shape index (κ2) is 10.4. The summed E-state index contributed by atoms with van der Waals surface area (Å²) in [7, 11) is 3.56. The Labute approximate surface area is 217 Å². The van der Waals surface area contributed by atoms with Gasteiger partial charge in [-0.3, -0.25) is 4.68 Å². The Morgan fingerprint density at radius 2 is 1.89 bits per heavy atom. The van der Waals surface area contributed by atoms with Crippen LogP contribution >= 0.6 is 15.9 Å². The molecule has 1 fully saturated rings. The van der Waals surface area contributed by atoms with Crippen molar-refractivity contribution in [2.24, 2.45) is 7.05 Å². The van der Waals surface area contributed by atoms with E-state index >= 15 is 0 Å². The molecular weight excluding hydrogens is 524 g/mol. The van der Waals surface area contributed by atoms with Crippen molar-refractivity contribution in [1.82, 2.24) is 19.7 Å². The Kier molecular flexibility index (Phi) is 6.92. The minimum Gasteiger partial charge on any atom is -0.494 e. The molecule has 0 amide bonds. The quantitative estimate of drug-likeness (QED) is 0.285. The Morgan fingerprint density at radius 1 is 1.08 bits per heavy atom. The molecule has 11 heteroatoms. The first-order valence-electron chi connectivity index (χ1n) is 11.5. The van der Waals surface area contributed by atoms with Crippen LogP contribution in [0, 0.1) is 0 Å². The number of aryl methyl sites for hydroxylation is 1. The molecule has 0 atom stereocenters. The largest absolute Gasteiger partial charge is 0.494 e. The van der Waals surface area contributed by atoms with E-state index < -0.39 is 0 Å². The average molecular weight is 551 g/mol. The van der Waals surface area contributed by atoms with Crippen molar-refractivity contribution in [3.05, 3.63) is 59.5 Å². The van der Waals surface area contributed by atoms with Gasteiger partial charge in [-0.1, -0.05) is 12.1 Å². The predicted molar refractivity (Wildman–Crippen MR) is 145 cm³/mol.